The first-order valence-electron chi connectivity index (χ1n) is 5.71. The molecule has 0 aliphatic carbocycles. The number of hydrogen-bond donors (Lipinski definition) is 2. The molecule has 0 radical (unpaired) electrons. The van der Waals surface area contributed by atoms with E-state index in [1.165, 1.54) is 0 Å². The number of halogens is 1. The van der Waals surface area contributed by atoms with Crippen LogP contribution in [0.4, 0.5) is 5.69 Å². The molecule has 1 heterocycles. The van der Waals surface area contributed by atoms with Crippen molar-refractivity contribution in [3.8, 4) is 0 Å². The predicted molar refractivity (Wildman–Crippen MR) is 71.0 cm³/mol. The van der Waals surface area contributed by atoms with E-state index in [9.17, 15) is 9.90 Å². The number of fused-ring (bicyclic) bond motifs is 1. The molecule has 0 spiro atoms. The highest BCUT2D eigenvalue weighted by Gasteiger charge is 2.40. The predicted octanol–water partition coefficient (Wildman–Crippen LogP) is 3.12. The number of carbonyl (C=O) groups is 1. The molecule has 1 amide bonds. The molecule has 1 aromatic rings. The van der Waals surface area contributed by atoms with Crippen LogP contribution in [0.15, 0.2) is 16.6 Å². The molecule has 1 aliphatic heterocycles. The SMILES string of the molecule is CCC(O)c1cc(Br)cc2c1NC(=O)C2(C)C. The lowest BCUT2D eigenvalue weighted by atomic mass is 9.85. The topological polar surface area (TPSA) is 49.3 Å². The Morgan fingerprint density at radius 1 is 1.47 bits per heavy atom. The molecule has 0 saturated heterocycles. The second kappa shape index (κ2) is 4.10. The third kappa shape index (κ3) is 1.89. The van der Waals surface area contributed by atoms with E-state index >= 15 is 0 Å². The minimum absolute atomic E-state index is 0.0184. The summed E-state index contributed by atoms with van der Waals surface area (Å²) in [5, 5.41) is 12.9. The number of hydrogen-bond acceptors (Lipinski definition) is 2. The average molecular weight is 298 g/mol. The van der Waals surface area contributed by atoms with Crippen molar-refractivity contribution in [1.29, 1.82) is 0 Å². The average Bonchev–Trinajstić information content (AvgIpc) is 2.50. The number of benzene rings is 1. The van der Waals surface area contributed by atoms with E-state index < -0.39 is 11.5 Å². The summed E-state index contributed by atoms with van der Waals surface area (Å²) >= 11 is 3.43. The van der Waals surface area contributed by atoms with Crippen LogP contribution < -0.4 is 5.32 Å². The summed E-state index contributed by atoms with van der Waals surface area (Å²) in [6.45, 7) is 5.70. The summed E-state index contributed by atoms with van der Waals surface area (Å²) in [6, 6.07) is 3.81. The highest BCUT2D eigenvalue weighted by molar-refractivity contribution is 9.10. The molecule has 0 fully saturated rings. The van der Waals surface area contributed by atoms with Crippen LogP contribution in [0.25, 0.3) is 0 Å². The Bertz CT molecular complexity index is 483. The van der Waals surface area contributed by atoms with Crippen LogP contribution in [0.3, 0.4) is 0 Å². The zero-order chi connectivity index (χ0) is 12.8. The van der Waals surface area contributed by atoms with Crippen molar-refractivity contribution in [2.24, 2.45) is 0 Å². The van der Waals surface area contributed by atoms with Crippen LogP contribution in [0.5, 0.6) is 0 Å². The summed E-state index contributed by atoms with van der Waals surface area (Å²) in [6.07, 6.45) is 0.0783. The number of rotatable bonds is 2. The van der Waals surface area contributed by atoms with Gasteiger partial charge in [0.2, 0.25) is 5.91 Å². The maximum Gasteiger partial charge on any atom is 0.234 e. The van der Waals surface area contributed by atoms with Gasteiger partial charge in [-0.1, -0.05) is 22.9 Å². The monoisotopic (exact) mass is 297 g/mol. The highest BCUT2D eigenvalue weighted by atomic mass is 79.9. The van der Waals surface area contributed by atoms with Gasteiger partial charge in [-0.15, -0.1) is 0 Å². The molecule has 0 aromatic heterocycles. The van der Waals surface area contributed by atoms with E-state index in [2.05, 4.69) is 21.2 Å². The lowest BCUT2D eigenvalue weighted by Crippen LogP contribution is -2.26. The van der Waals surface area contributed by atoms with E-state index in [0.29, 0.717) is 6.42 Å². The number of aliphatic hydroxyl groups is 1. The Morgan fingerprint density at radius 3 is 2.71 bits per heavy atom. The fourth-order valence-electron chi connectivity index (χ4n) is 2.14. The Morgan fingerprint density at radius 2 is 2.12 bits per heavy atom. The van der Waals surface area contributed by atoms with Gasteiger partial charge in [0.1, 0.15) is 0 Å². The molecule has 4 heteroatoms. The van der Waals surface area contributed by atoms with E-state index in [1.54, 1.807) is 0 Å². The summed E-state index contributed by atoms with van der Waals surface area (Å²) in [5.74, 6) is -0.0184. The molecular weight excluding hydrogens is 282 g/mol. The maximum absolute atomic E-state index is 11.9. The largest absolute Gasteiger partial charge is 0.388 e. The number of anilines is 1. The number of carbonyl (C=O) groups excluding carboxylic acids is 1. The molecule has 1 aromatic carbocycles. The van der Waals surface area contributed by atoms with Gasteiger partial charge in [0.25, 0.3) is 0 Å². The first-order chi connectivity index (χ1) is 7.87. The standard InChI is InChI=1S/C13H16BrNO2/c1-4-10(16)8-5-7(14)6-9-11(8)15-12(17)13(9,2)3/h5-6,10,16H,4H2,1-3H3,(H,15,17). The fourth-order valence-corrected chi connectivity index (χ4v) is 2.61. The van der Waals surface area contributed by atoms with Crippen LogP contribution in [0.1, 0.15) is 44.4 Å². The second-order valence-electron chi connectivity index (χ2n) is 4.92. The number of nitrogens with one attached hydrogen (secondary N) is 1. The zero-order valence-electron chi connectivity index (χ0n) is 10.2. The Kier molecular flexibility index (Phi) is 3.04. The van der Waals surface area contributed by atoms with Crippen LogP contribution in [-0.4, -0.2) is 11.0 Å². The summed E-state index contributed by atoms with van der Waals surface area (Å²) in [4.78, 5) is 11.9. The van der Waals surface area contributed by atoms with Gasteiger partial charge >= 0.3 is 0 Å². The van der Waals surface area contributed by atoms with Crippen molar-refractivity contribution in [3.63, 3.8) is 0 Å². The maximum atomic E-state index is 11.9. The Hall–Kier alpha value is -0.870. The Balaban J connectivity index is 2.64. The van der Waals surface area contributed by atoms with Gasteiger partial charge in [-0.3, -0.25) is 4.79 Å². The third-order valence-corrected chi connectivity index (χ3v) is 3.82. The minimum atomic E-state index is -0.546. The number of amides is 1. The second-order valence-corrected chi connectivity index (χ2v) is 5.84. The third-order valence-electron chi connectivity index (χ3n) is 3.36. The van der Waals surface area contributed by atoms with Gasteiger partial charge in [-0.25, -0.2) is 0 Å². The molecule has 2 N–H and O–H groups in total. The molecule has 0 bridgehead atoms. The zero-order valence-corrected chi connectivity index (χ0v) is 11.8. The minimum Gasteiger partial charge on any atom is -0.388 e. The Labute approximate surface area is 109 Å². The van der Waals surface area contributed by atoms with E-state index in [4.69, 9.17) is 0 Å². The van der Waals surface area contributed by atoms with Crippen molar-refractivity contribution in [2.75, 3.05) is 5.32 Å². The van der Waals surface area contributed by atoms with Gasteiger partial charge in [-0.2, -0.15) is 0 Å². The van der Waals surface area contributed by atoms with Crippen molar-refractivity contribution in [1.82, 2.24) is 0 Å². The van der Waals surface area contributed by atoms with Gasteiger partial charge < -0.3 is 10.4 Å². The normalized spacial score (nSPS) is 18.8. The molecule has 1 aliphatic rings. The molecule has 3 nitrogen and oxygen atoms in total. The fraction of sp³-hybridized carbons (Fsp3) is 0.462. The molecule has 2 rings (SSSR count). The molecule has 92 valence electrons. The van der Waals surface area contributed by atoms with Crippen molar-refractivity contribution < 1.29 is 9.90 Å². The summed E-state index contributed by atoms with van der Waals surface area (Å²) < 4.78 is 0.892. The highest BCUT2D eigenvalue weighted by Crippen LogP contribution is 2.43. The molecule has 17 heavy (non-hydrogen) atoms. The molecule has 1 unspecified atom stereocenters. The van der Waals surface area contributed by atoms with Crippen molar-refractivity contribution >= 4 is 27.5 Å². The van der Waals surface area contributed by atoms with E-state index in [-0.39, 0.29) is 5.91 Å². The summed E-state index contributed by atoms with van der Waals surface area (Å²) in [5.41, 5.74) is 1.97. The van der Waals surface area contributed by atoms with Crippen molar-refractivity contribution in [3.05, 3.63) is 27.7 Å². The van der Waals surface area contributed by atoms with Gasteiger partial charge in [0.15, 0.2) is 0 Å². The summed E-state index contributed by atoms with van der Waals surface area (Å²) in [7, 11) is 0. The van der Waals surface area contributed by atoms with E-state index in [0.717, 1.165) is 21.3 Å². The van der Waals surface area contributed by atoms with Crippen LogP contribution in [-0.2, 0) is 10.2 Å². The van der Waals surface area contributed by atoms with E-state index in [1.807, 2.05) is 32.9 Å². The van der Waals surface area contributed by atoms with Crippen LogP contribution >= 0.6 is 15.9 Å². The molecular formula is C13H16BrNO2. The van der Waals surface area contributed by atoms with Gasteiger partial charge in [0.05, 0.1) is 17.2 Å². The van der Waals surface area contributed by atoms with Crippen LogP contribution in [0, 0.1) is 0 Å². The van der Waals surface area contributed by atoms with Gasteiger partial charge in [-0.05, 0) is 38.0 Å². The van der Waals surface area contributed by atoms with Crippen molar-refractivity contribution in [2.45, 2.75) is 38.7 Å². The molecule has 1 atom stereocenters. The lowest BCUT2D eigenvalue weighted by molar-refractivity contribution is -0.119. The molecule has 0 saturated carbocycles. The smallest absolute Gasteiger partial charge is 0.234 e. The number of aliphatic hydroxyl groups excluding tert-OH is 1. The van der Waals surface area contributed by atoms with Crippen LogP contribution in [0.2, 0.25) is 0 Å². The first kappa shape index (κ1) is 12.6. The quantitative estimate of drug-likeness (QED) is 0.881. The lowest BCUT2D eigenvalue weighted by Gasteiger charge is -2.17. The first-order valence-corrected chi connectivity index (χ1v) is 6.50. The van der Waals surface area contributed by atoms with Gasteiger partial charge in [0, 0.05) is 10.0 Å².